The van der Waals surface area contributed by atoms with Gasteiger partial charge in [-0.05, 0) is 70.4 Å². The van der Waals surface area contributed by atoms with Crippen LogP contribution in [0, 0.1) is 11.8 Å². The van der Waals surface area contributed by atoms with Crippen molar-refractivity contribution in [2.75, 3.05) is 6.54 Å². The van der Waals surface area contributed by atoms with Crippen LogP contribution in [0.2, 0.25) is 0 Å². The van der Waals surface area contributed by atoms with Crippen molar-refractivity contribution >= 4 is 33.8 Å². The fourth-order valence-corrected chi connectivity index (χ4v) is 3.80. The van der Waals surface area contributed by atoms with E-state index >= 15 is 0 Å². The Labute approximate surface area is 196 Å². The number of carbonyl (C=O) groups is 3. The molecule has 2 atom stereocenters. The Morgan fingerprint density at radius 2 is 1.75 bits per heavy atom. The van der Waals surface area contributed by atoms with Crippen molar-refractivity contribution in [1.82, 2.24) is 5.32 Å². The lowest BCUT2D eigenvalue weighted by molar-refractivity contribution is -0.138. The van der Waals surface area contributed by atoms with E-state index in [-0.39, 0.29) is 24.8 Å². The molecule has 0 radical (unpaired) electrons. The molecule has 0 aliphatic rings. The van der Waals surface area contributed by atoms with Gasteiger partial charge in [0.25, 0.3) is 0 Å². The molecule has 0 saturated carbocycles. The zero-order chi connectivity index (χ0) is 23.7. The Morgan fingerprint density at radius 3 is 2.34 bits per heavy atom. The highest BCUT2D eigenvalue weighted by Crippen LogP contribution is 2.20. The van der Waals surface area contributed by atoms with Gasteiger partial charge >= 0.3 is 11.9 Å². The molecule has 0 unspecified atom stereocenters. The summed E-state index contributed by atoms with van der Waals surface area (Å²) in [6.07, 6.45) is 1.02. The van der Waals surface area contributed by atoms with Gasteiger partial charge in [-0.25, -0.2) is 4.79 Å². The van der Waals surface area contributed by atoms with Gasteiger partial charge in [0, 0.05) is 17.4 Å². The Balaban J connectivity index is 1.88. The number of carboxylic acids is 1. The molecule has 0 saturated heterocycles. The number of amides is 1. The minimum Gasteiger partial charge on any atom is -0.481 e. The van der Waals surface area contributed by atoms with Gasteiger partial charge in [0.05, 0.1) is 11.6 Å². The predicted molar refractivity (Wildman–Crippen MR) is 125 cm³/mol. The maximum atomic E-state index is 12.4. The molecular formula is C24H29BrN2O5. The normalized spacial score (nSPS) is 12.8. The monoisotopic (exact) mass is 504 g/mol. The first-order valence-corrected chi connectivity index (χ1v) is 11.3. The number of ether oxygens (including phenoxy) is 1. The predicted octanol–water partition coefficient (Wildman–Crippen LogP) is 3.79. The number of esters is 1. The number of hydrogen-bond acceptors (Lipinski definition) is 5. The average Bonchev–Trinajstić information content (AvgIpc) is 2.72. The van der Waals surface area contributed by atoms with E-state index in [0.717, 1.165) is 5.56 Å². The van der Waals surface area contributed by atoms with E-state index < -0.39 is 18.0 Å². The summed E-state index contributed by atoms with van der Waals surface area (Å²) in [5.74, 6) is -1.10. The maximum absolute atomic E-state index is 12.4. The summed E-state index contributed by atoms with van der Waals surface area (Å²) in [4.78, 5) is 35.7. The van der Waals surface area contributed by atoms with Crippen molar-refractivity contribution in [3.63, 3.8) is 0 Å². The summed E-state index contributed by atoms with van der Waals surface area (Å²) in [6, 6.07) is 13.0. The zero-order valence-corrected chi connectivity index (χ0v) is 19.8. The first kappa shape index (κ1) is 25.5. The van der Waals surface area contributed by atoms with E-state index in [2.05, 4.69) is 21.2 Å². The molecule has 0 bridgehead atoms. The summed E-state index contributed by atoms with van der Waals surface area (Å²) in [5.41, 5.74) is 7.27. The molecule has 4 N–H and O–H groups in total. The quantitative estimate of drug-likeness (QED) is 0.316. The van der Waals surface area contributed by atoms with Crippen LogP contribution in [0.1, 0.15) is 42.6 Å². The van der Waals surface area contributed by atoms with E-state index in [1.807, 2.05) is 19.9 Å². The number of nitrogens with two attached hydrogens (primary N) is 1. The van der Waals surface area contributed by atoms with Crippen molar-refractivity contribution in [2.24, 2.45) is 17.6 Å². The van der Waals surface area contributed by atoms with E-state index in [1.54, 1.807) is 42.5 Å². The molecule has 172 valence electrons. The third-order valence-corrected chi connectivity index (χ3v) is 5.54. The van der Waals surface area contributed by atoms with Gasteiger partial charge in [-0.1, -0.05) is 38.1 Å². The molecule has 2 aromatic carbocycles. The Bertz CT molecular complexity index is 930. The number of hydrogen-bond donors (Lipinski definition) is 3. The highest BCUT2D eigenvalue weighted by Gasteiger charge is 2.19. The molecule has 0 spiro atoms. The Kier molecular flexibility index (Phi) is 9.87. The Morgan fingerprint density at radius 1 is 1.09 bits per heavy atom. The fourth-order valence-electron chi connectivity index (χ4n) is 3.36. The minimum absolute atomic E-state index is 0.00737. The second-order valence-electron chi connectivity index (χ2n) is 8.16. The number of benzene rings is 2. The van der Waals surface area contributed by atoms with E-state index in [9.17, 15) is 14.4 Å². The third kappa shape index (κ3) is 8.43. The number of nitrogens with one attached hydrogen (secondary N) is 1. The van der Waals surface area contributed by atoms with E-state index in [4.69, 9.17) is 15.6 Å². The van der Waals surface area contributed by atoms with Crippen LogP contribution in [0.4, 0.5) is 0 Å². The molecule has 2 aromatic rings. The molecule has 32 heavy (non-hydrogen) atoms. The average molecular weight is 505 g/mol. The standard InChI is InChI=1S/C24H29BrN2O5/c1-15(2)11-17(13-22(28)29)14-27-23(30)21(26)12-16-7-9-18(10-8-16)32-24(31)19-5-3-4-6-20(19)25/h3-10,15,17,21H,11-14,26H2,1-2H3,(H,27,30)(H,28,29)/t17-,21+/m0/s1. The van der Waals surface area contributed by atoms with Gasteiger partial charge < -0.3 is 20.9 Å². The maximum Gasteiger partial charge on any atom is 0.344 e. The van der Waals surface area contributed by atoms with Crippen LogP contribution in [-0.2, 0) is 16.0 Å². The lowest BCUT2D eigenvalue weighted by Gasteiger charge is -2.19. The van der Waals surface area contributed by atoms with Crippen LogP contribution in [0.5, 0.6) is 5.75 Å². The number of halogens is 1. The Hall–Kier alpha value is -2.71. The number of carbonyl (C=O) groups excluding carboxylic acids is 2. The lowest BCUT2D eigenvalue weighted by atomic mass is 9.94. The summed E-state index contributed by atoms with van der Waals surface area (Å²) in [5, 5.41) is 11.8. The van der Waals surface area contributed by atoms with Crippen LogP contribution < -0.4 is 15.8 Å². The molecule has 1 amide bonds. The van der Waals surface area contributed by atoms with Crippen molar-refractivity contribution in [3.05, 3.63) is 64.1 Å². The third-order valence-electron chi connectivity index (χ3n) is 4.85. The summed E-state index contributed by atoms with van der Waals surface area (Å²) < 4.78 is 6.04. The van der Waals surface area contributed by atoms with Gasteiger partial charge in [0.2, 0.25) is 5.91 Å². The van der Waals surface area contributed by atoms with Crippen molar-refractivity contribution in [3.8, 4) is 5.75 Å². The largest absolute Gasteiger partial charge is 0.481 e. The first-order valence-electron chi connectivity index (χ1n) is 10.5. The van der Waals surface area contributed by atoms with Crippen LogP contribution in [0.3, 0.4) is 0 Å². The molecule has 8 heteroatoms. The van der Waals surface area contributed by atoms with Gasteiger partial charge in [-0.15, -0.1) is 0 Å². The zero-order valence-electron chi connectivity index (χ0n) is 18.2. The van der Waals surface area contributed by atoms with Gasteiger partial charge in [-0.2, -0.15) is 0 Å². The molecule has 0 fully saturated rings. The smallest absolute Gasteiger partial charge is 0.344 e. The topological polar surface area (TPSA) is 119 Å². The summed E-state index contributed by atoms with van der Waals surface area (Å²) in [7, 11) is 0. The molecule has 0 aromatic heterocycles. The number of aliphatic carboxylic acids is 1. The minimum atomic E-state index is -0.880. The van der Waals surface area contributed by atoms with Crippen LogP contribution >= 0.6 is 15.9 Å². The molecule has 0 aliphatic heterocycles. The second kappa shape index (κ2) is 12.4. The lowest BCUT2D eigenvalue weighted by Crippen LogP contribution is -2.44. The molecule has 0 heterocycles. The summed E-state index contributed by atoms with van der Waals surface area (Å²) >= 11 is 3.33. The SMILES string of the molecule is CC(C)C[C@H](CNC(=O)[C@H](N)Cc1ccc(OC(=O)c2ccccc2Br)cc1)CC(=O)O. The van der Waals surface area contributed by atoms with Crippen molar-refractivity contribution in [2.45, 2.75) is 39.2 Å². The van der Waals surface area contributed by atoms with Crippen molar-refractivity contribution in [1.29, 1.82) is 0 Å². The van der Waals surface area contributed by atoms with Gasteiger partial charge in [0.15, 0.2) is 0 Å². The highest BCUT2D eigenvalue weighted by atomic mass is 79.9. The highest BCUT2D eigenvalue weighted by molar-refractivity contribution is 9.10. The van der Waals surface area contributed by atoms with E-state index in [1.165, 1.54) is 0 Å². The number of carboxylic acid groups (broad SMARTS) is 1. The van der Waals surface area contributed by atoms with Gasteiger partial charge in [0.1, 0.15) is 5.75 Å². The van der Waals surface area contributed by atoms with Crippen LogP contribution in [0.15, 0.2) is 53.0 Å². The van der Waals surface area contributed by atoms with Crippen LogP contribution in [-0.4, -0.2) is 35.5 Å². The molecule has 0 aliphatic carbocycles. The second-order valence-corrected chi connectivity index (χ2v) is 9.02. The molecule has 7 nitrogen and oxygen atoms in total. The van der Waals surface area contributed by atoms with Gasteiger partial charge in [-0.3, -0.25) is 9.59 Å². The van der Waals surface area contributed by atoms with E-state index in [0.29, 0.717) is 34.5 Å². The fraction of sp³-hybridized carbons (Fsp3) is 0.375. The van der Waals surface area contributed by atoms with Crippen molar-refractivity contribution < 1.29 is 24.2 Å². The summed E-state index contributed by atoms with van der Waals surface area (Å²) in [6.45, 7) is 4.31. The first-order chi connectivity index (χ1) is 15.2. The van der Waals surface area contributed by atoms with Crippen LogP contribution in [0.25, 0.3) is 0 Å². The molecular weight excluding hydrogens is 476 g/mol. The molecule has 2 rings (SSSR count). The number of rotatable bonds is 11.